The number of phenolic OH excluding ortho intramolecular Hbond substituents is 1. The lowest BCUT2D eigenvalue weighted by molar-refractivity contribution is 0.0690. The Morgan fingerprint density at radius 2 is 2.16 bits per heavy atom. The van der Waals surface area contributed by atoms with Gasteiger partial charge in [-0.05, 0) is 24.3 Å². The predicted octanol–water partition coefficient (Wildman–Crippen LogP) is 1.97. The SMILES string of the molecule is Cn1cc(-c2cc(C(=O)O)[nH]n2)c2cc(O)ccc21. The number of carbonyl (C=O) groups is 1. The van der Waals surface area contributed by atoms with E-state index < -0.39 is 5.97 Å². The minimum absolute atomic E-state index is 0.0344. The molecule has 1 aromatic carbocycles. The lowest BCUT2D eigenvalue weighted by atomic mass is 10.1. The molecule has 0 aliphatic rings. The van der Waals surface area contributed by atoms with Crippen LogP contribution in [0.5, 0.6) is 5.75 Å². The van der Waals surface area contributed by atoms with Crippen LogP contribution in [-0.4, -0.2) is 30.9 Å². The summed E-state index contributed by atoms with van der Waals surface area (Å²) in [7, 11) is 1.88. The van der Waals surface area contributed by atoms with Crippen molar-refractivity contribution in [2.45, 2.75) is 0 Å². The van der Waals surface area contributed by atoms with Crippen LogP contribution < -0.4 is 0 Å². The number of benzene rings is 1. The third-order valence-corrected chi connectivity index (χ3v) is 3.06. The molecule has 3 N–H and O–H groups in total. The number of aromatic carboxylic acids is 1. The van der Waals surface area contributed by atoms with E-state index in [2.05, 4.69) is 10.2 Å². The van der Waals surface area contributed by atoms with Crippen molar-refractivity contribution in [3.8, 4) is 17.0 Å². The van der Waals surface area contributed by atoms with Gasteiger partial charge in [-0.15, -0.1) is 0 Å². The second kappa shape index (κ2) is 3.88. The molecule has 0 spiro atoms. The number of nitrogens with one attached hydrogen (secondary N) is 1. The van der Waals surface area contributed by atoms with E-state index in [-0.39, 0.29) is 11.4 Å². The Bertz CT molecular complexity index is 786. The molecule has 2 heterocycles. The van der Waals surface area contributed by atoms with Gasteiger partial charge in [0.05, 0.1) is 5.69 Å². The van der Waals surface area contributed by atoms with E-state index in [0.29, 0.717) is 5.69 Å². The number of nitrogens with zero attached hydrogens (tertiary/aromatic N) is 2. The highest BCUT2D eigenvalue weighted by Crippen LogP contribution is 2.31. The van der Waals surface area contributed by atoms with Crippen LogP contribution in [-0.2, 0) is 7.05 Å². The quantitative estimate of drug-likeness (QED) is 0.654. The number of aromatic nitrogens is 3. The molecule has 0 aliphatic heterocycles. The molecular weight excluding hydrogens is 246 g/mol. The highest BCUT2D eigenvalue weighted by molar-refractivity contribution is 5.97. The van der Waals surface area contributed by atoms with Gasteiger partial charge in [0.25, 0.3) is 0 Å². The first-order chi connectivity index (χ1) is 9.06. The third kappa shape index (κ3) is 1.74. The standard InChI is InChI=1S/C13H11N3O3/c1-16-6-9(8-4-7(17)2-3-12(8)16)10-5-11(13(18)19)15-14-10/h2-6,17H,1H3,(H,14,15)(H,18,19). The van der Waals surface area contributed by atoms with Gasteiger partial charge in [-0.2, -0.15) is 5.10 Å². The Kier molecular flexibility index (Phi) is 2.31. The number of aromatic hydroxyl groups is 1. The van der Waals surface area contributed by atoms with Crippen LogP contribution in [0.25, 0.3) is 22.2 Å². The second-order valence-electron chi connectivity index (χ2n) is 4.33. The number of fused-ring (bicyclic) bond motifs is 1. The number of aromatic amines is 1. The normalized spacial score (nSPS) is 11.0. The van der Waals surface area contributed by atoms with E-state index in [1.165, 1.54) is 6.07 Å². The van der Waals surface area contributed by atoms with Crippen LogP contribution in [0, 0.1) is 0 Å². The molecule has 6 heteroatoms. The van der Waals surface area contributed by atoms with E-state index >= 15 is 0 Å². The van der Waals surface area contributed by atoms with E-state index in [1.54, 1.807) is 18.2 Å². The van der Waals surface area contributed by atoms with Crippen molar-refractivity contribution in [3.05, 3.63) is 36.2 Å². The minimum Gasteiger partial charge on any atom is -0.508 e. The van der Waals surface area contributed by atoms with Crippen molar-refractivity contribution in [1.82, 2.24) is 14.8 Å². The number of hydrogen-bond acceptors (Lipinski definition) is 3. The second-order valence-corrected chi connectivity index (χ2v) is 4.33. The van der Waals surface area contributed by atoms with Gasteiger partial charge in [0.15, 0.2) is 0 Å². The highest BCUT2D eigenvalue weighted by atomic mass is 16.4. The molecule has 0 unspecified atom stereocenters. The molecule has 6 nitrogen and oxygen atoms in total. The van der Waals surface area contributed by atoms with Crippen LogP contribution >= 0.6 is 0 Å². The summed E-state index contributed by atoms with van der Waals surface area (Å²) >= 11 is 0. The summed E-state index contributed by atoms with van der Waals surface area (Å²) in [5, 5.41) is 25.8. The summed E-state index contributed by atoms with van der Waals surface area (Å²) in [6.45, 7) is 0. The molecule has 0 aliphatic carbocycles. The van der Waals surface area contributed by atoms with Crippen LogP contribution in [0.15, 0.2) is 30.5 Å². The summed E-state index contributed by atoms with van der Waals surface area (Å²) in [5.41, 5.74) is 2.28. The first-order valence-electron chi connectivity index (χ1n) is 5.63. The van der Waals surface area contributed by atoms with Crippen LogP contribution in [0.3, 0.4) is 0 Å². The first kappa shape index (κ1) is 11.3. The Morgan fingerprint density at radius 3 is 2.84 bits per heavy atom. The van der Waals surface area contributed by atoms with Gasteiger partial charge in [-0.1, -0.05) is 0 Å². The van der Waals surface area contributed by atoms with Gasteiger partial charge in [0.2, 0.25) is 0 Å². The lowest BCUT2D eigenvalue weighted by Gasteiger charge is -1.96. The molecule has 0 radical (unpaired) electrons. The maximum atomic E-state index is 10.9. The summed E-state index contributed by atoms with van der Waals surface area (Å²) in [6.07, 6.45) is 1.85. The van der Waals surface area contributed by atoms with Gasteiger partial charge in [-0.3, -0.25) is 5.10 Å². The van der Waals surface area contributed by atoms with Crippen molar-refractivity contribution < 1.29 is 15.0 Å². The topological polar surface area (TPSA) is 91.1 Å². The van der Waals surface area contributed by atoms with Crippen molar-refractivity contribution in [2.75, 3.05) is 0 Å². The maximum Gasteiger partial charge on any atom is 0.353 e. The highest BCUT2D eigenvalue weighted by Gasteiger charge is 2.14. The largest absolute Gasteiger partial charge is 0.508 e. The van der Waals surface area contributed by atoms with Gasteiger partial charge in [0, 0.05) is 29.7 Å². The predicted molar refractivity (Wildman–Crippen MR) is 69.1 cm³/mol. The zero-order valence-corrected chi connectivity index (χ0v) is 10.1. The van der Waals surface area contributed by atoms with Crippen LogP contribution in [0.2, 0.25) is 0 Å². The average molecular weight is 257 g/mol. The lowest BCUT2D eigenvalue weighted by Crippen LogP contribution is -1.95. The van der Waals surface area contributed by atoms with Gasteiger partial charge >= 0.3 is 5.97 Å². The van der Waals surface area contributed by atoms with E-state index in [0.717, 1.165) is 16.5 Å². The molecule has 3 aromatic rings. The molecule has 0 atom stereocenters. The minimum atomic E-state index is -1.05. The summed E-state index contributed by atoms with van der Waals surface area (Å²) in [5.74, 6) is -0.893. The van der Waals surface area contributed by atoms with Gasteiger partial charge in [-0.25, -0.2) is 4.79 Å². The molecule has 0 saturated heterocycles. The monoisotopic (exact) mass is 257 g/mol. The summed E-state index contributed by atoms with van der Waals surface area (Å²) < 4.78 is 1.90. The Morgan fingerprint density at radius 1 is 1.37 bits per heavy atom. The van der Waals surface area contributed by atoms with Crippen molar-refractivity contribution in [1.29, 1.82) is 0 Å². The molecule has 0 fully saturated rings. The zero-order chi connectivity index (χ0) is 13.6. The van der Waals surface area contributed by atoms with Crippen molar-refractivity contribution in [2.24, 2.45) is 7.05 Å². The summed E-state index contributed by atoms with van der Waals surface area (Å²) in [4.78, 5) is 10.9. The van der Waals surface area contributed by atoms with Crippen molar-refractivity contribution in [3.63, 3.8) is 0 Å². The number of rotatable bonds is 2. The number of carboxylic acids is 1. The van der Waals surface area contributed by atoms with Crippen molar-refractivity contribution >= 4 is 16.9 Å². The average Bonchev–Trinajstić information content (AvgIpc) is 2.94. The molecule has 0 saturated carbocycles. The Balaban J connectivity index is 2.23. The fourth-order valence-corrected chi connectivity index (χ4v) is 2.15. The number of phenols is 1. The van der Waals surface area contributed by atoms with Crippen LogP contribution in [0.4, 0.5) is 0 Å². The number of carboxylic acid groups (broad SMARTS) is 1. The Labute approximate surface area is 107 Å². The molecule has 3 rings (SSSR count). The zero-order valence-electron chi connectivity index (χ0n) is 10.1. The Hall–Kier alpha value is -2.76. The number of hydrogen-bond donors (Lipinski definition) is 3. The fourth-order valence-electron chi connectivity index (χ4n) is 2.15. The maximum absolute atomic E-state index is 10.9. The van der Waals surface area contributed by atoms with Crippen LogP contribution in [0.1, 0.15) is 10.5 Å². The van der Waals surface area contributed by atoms with E-state index in [9.17, 15) is 9.90 Å². The molecule has 0 bridgehead atoms. The molecule has 2 aromatic heterocycles. The fraction of sp³-hybridized carbons (Fsp3) is 0.0769. The van der Waals surface area contributed by atoms with Gasteiger partial charge in [0.1, 0.15) is 11.4 Å². The van der Waals surface area contributed by atoms with E-state index in [1.807, 2.05) is 17.8 Å². The number of aryl methyl sites for hydroxylation is 1. The van der Waals surface area contributed by atoms with Gasteiger partial charge < -0.3 is 14.8 Å². The smallest absolute Gasteiger partial charge is 0.353 e. The molecule has 0 amide bonds. The summed E-state index contributed by atoms with van der Waals surface area (Å²) in [6, 6.07) is 6.53. The third-order valence-electron chi connectivity index (χ3n) is 3.06. The van der Waals surface area contributed by atoms with E-state index in [4.69, 9.17) is 5.11 Å². The number of H-pyrrole nitrogens is 1. The molecule has 96 valence electrons. The molecular formula is C13H11N3O3. The molecule has 19 heavy (non-hydrogen) atoms. The first-order valence-corrected chi connectivity index (χ1v) is 5.63.